The van der Waals surface area contributed by atoms with E-state index in [1.807, 2.05) is 24.3 Å². The second-order valence-corrected chi connectivity index (χ2v) is 7.04. The summed E-state index contributed by atoms with van der Waals surface area (Å²) < 4.78 is 11.1. The highest BCUT2D eigenvalue weighted by Gasteiger charge is 2.25. The monoisotopic (exact) mass is 404 g/mol. The maximum absolute atomic E-state index is 11.7. The molecule has 1 aliphatic rings. The topological polar surface area (TPSA) is 110 Å². The number of benzene rings is 2. The molecular weight excluding hydrogens is 384 g/mol. The zero-order chi connectivity index (χ0) is 21.1. The molecule has 2 heterocycles. The van der Waals surface area contributed by atoms with Crippen LogP contribution >= 0.6 is 0 Å². The van der Waals surface area contributed by atoms with Crippen LogP contribution in [-0.4, -0.2) is 29.2 Å². The van der Waals surface area contributed by atoms with Gasteiger partial charge in [-0.05, 0) is 24.1 Å². The van der Waals surface area contributed by atoms with E-state index in [-0.39, 0.29) is 17.5 Å². The molecule has 2 aromatic carbocycles. The van der Waals surface area contributed by atoms with Crippen LogP contribution in [0.4, 0.5) is 17.1 Å². The van der Waals surface area contributed by atoms with Gasteiger partial charge >= 0.3 is 5.69 Å². The first kappa shape index (κ1) is 19.6. The number of nitriles is 1. The van der Waals surface area contributed by atoms with Crippen molar-refractivity contribution in [1.29, 1.82) is 5.26 Å². The molecule has 152 valence electrons. The smallest absolute Gasteiger partial charge is 0.311 e. The van der Waals surface area contributed by atoms with Gasteiger partial charge in [0.15, 0.2) is 5.75 Å². The van der Waals surface area contributed by atoms with Crippen LogP contribution in [0.3, 0.4) is 0 Å². The number of nitrogens with zero attached hydrogens (tertiary/aromatic N) is 3. The maximum atomic E-state index is 11.7. The van der Waals surface area contributed by atoms with Crippen LogP contribution in [0.5, 0.6) is 5.75 Å². The summed E-state index contributed by atoms with van der Waals surface area (Å²) in [5.74, 6) is 0.152. The van der Waals surface area contributed by atoms with E-state index in [9.17, 15) is 15.4 Å². The van der Waals surface area contributed by atoms with Crippen LogP contribution in [0.2, 0.25) is 0 Å². The van der Waals surface area contributed by atoms with E-state index in [1.165, 1.54) is 12.3 Å². The largest absolute Gasteiger partial charge is 0.481 e. The first-order valence-electron chi connectivity index (χ1n) is 9.70. The van der Waals surface area contributed by atoms with E-state index in [1.54, 1.807) is 6.07 Å². The Morgan fingerprint density at radius 1 is 1.40 bits per heavy atom. The first-order valence-corrected chi connectivity index (χ1v) is 9.70. The summed E-state index contributed by atoms with van der Waals surface area (Å²) in [7, 11) is 0. The second-order valence-electron chi connectivity index (χ2n) is 7.04. The normalized spacial score (nSPS) is 15.7. The van der Waals surface area contributed by atoms with Crippen LogP contribution < -0.4 is 10.1 Å². The Bertz CT molecular complexity index is 1150. The van der Waals surface area contributed by atoms with Crippen molar-refractivity contribution >= 4 is 28.0 Å². The second kappa shape index (κ2) is 8.35. The van der Waals surface area contributed by atoms with Crippen molar-refractivity contribution in [3.8, 4) is 11.8 Å². The summed E-state index contributed by atoms with van der Waals surface area (Å²) in [6.45, 7) is 3.03. The number of pyridine rings is 1. The lowest BCUT2D eigenvalue weighted by Gasteiger charge is -2.15. The lowest BCUT2D eigenvalue weighted by Crippen LogP contribution is -2.16. The van der Waals surface area contributed by atoms with E-state index in [0.717, 1.165) is 17.7 Å². The first-order chi connectivity index (χ1) is 14.6. The van der Waals surface area contributed by atoms with Crippen LogP contribution in [0, 0.1) is 21.4 Å². The molecule has 1 atom stereocenters. The molecule has 3 aromatic rings. The van der Waals surface area contributed by atoms with Crippen molar-refractivity contribution in [3.05, 3.63) is 63.8 Å². The molecule has 4 rings (SSSR count). The fourth-order valence-electron chi connectivity index (χ4n) is 3.46. The van der Waals surface area contributed by atoms with Gasteiger partial charge in [0.2, 0.25) is 0 Å². The van der Waals surface area contributed by atoms with Gasteiger partial charge < -0.3 is 14.8 Å². The van der Waals surface area contributed by atoms with Gasteiger partial charge in [-0.25, -0.2) is 0 Å². The number of aromatic nitrogens is 1. The number of aryl methyl sites for hydroxylation is 1. The van der Waals surface area contributed by atoms with Gasteiger partial charge in [-0.15, -0.1) is 0 Å². The average molecular weight is 404 g/mol. The van der Waals surface area contributed by atoms with Crippen molar-refractivity contribution in [2.45, 2.75) is 25.9 Å². The van der Waals surface area contributed by atoms with E-state index < -0.39 is 4.92 Å². The SMILES string of the molecule is CCc1cccc(Nc2c(C#N)cnc3cc(OC4CCOC4)c([N+](=O)[O-])cc23)c1. The minimum absolute atomic E-state index is 0.152. The summed E-state index contributed by atoms with van der Waals surface area (Å²) in [6, 6.07) is 12.9. The predicted molar refractivity (Wildman–Crippen MR) is 112 cm³/mol. The lowest BCUT2D eigenvalue weighted by molar-refractivity contribution is -0.385. The van der Waals surface area contributed by atoms with E-state index in [0.29, 0.717) is 41.8 Å². The molecule has 0 bridgehead atoms. The van der Waals surface area contributed by atoms with Gasteiger partial charge in [0.05, 0.1) is 34.9 Å². The molecule has 1 fully saturated rings. The summed E-state index contributed by atoms with van der Waals surface area (Å²) in [6.07, 6.45) is 2.78. The standard InChI is InChI=1S/C22H20N4O4/c1-2-14-4-3-5-16(8-14)25-22-15(11-23)12-24-19-10-21(30-17-6-7-29-13-17)20(26(27)28)9-18(19)22/h3-5,8-10,12,17H,2,6-7,13H2,1H3,(H,24,25). The number of nitro benzene ring substituents is 1. The Labute approximate surface area is 173 Å². The Hall–Kier alpha value is -3.70. The van der Waals surface area contributed by atoms with Crippen LogP contribution in [0.15, 0.2) is 42.6 Å². The highest BCUT2D eigenvalue weighted by Crippen LogP contribution is 2.38. The molecule has 1 unspecified atom stereocenters. The molecule has 1 aliphatic heterocycles. The highest BCUT2D eigenvalue weighted by molar-refractivity contribution is 5.98. The molecule has 8 heteroatoms. The van der Waals surface area contributed by atoms with Gasteiger partial charge in [-0.1, -0.05) is 19.1 Å². The van der Waals surface area contributed by atoms with Crippen LogP contribution in [0.1, 0.15) is 24.5 Å². The van der Waals surface area contributed by atoms with Crippen molar-refractivity contribution in [3.63, 3.8) is 0 Å². The third-order valence-corrected chi connectivity index (χ3v) is 5.05. The molecule has 0 radical (unpaired) electrons. The van der Waals surface area contributed by atoms with Crippen LogP contribution in [-0.2, 0) is 11.2 Å². The molecular formula is C22H20N4O4. The van der Waals surface area contributed by atoms with Gasteiger partial charge in [0.25, 0.3) is 0 Å². The lowest BCUT2D eigenvalue weighted by atomic mass is 10.1. The molecule has 0 aliphatic carbocycles. The summed E-state index contributed by atoms with van der Waals surface area (Å²) in [4.78, 5) is 15.6. The molecule has 1 saturated heterocycles. The summed E-state index contributed by atoms with van der Waals surface area (Å²) in [5.41, 5.74) is 3.05. The summed E-state index contributed by atoms with van der Waals surface area (Å²) in [5, 5.41) is 25.1. The third-order valence-electron chi connectivity index (χ3n) is 5.05. The molecule has 30 heavy (non-hydrogen) atoms. The van der Waals surface area contributed by atoms with Gasteiger partial charge in [0.1, 0.15) is 12.2 Å². The molecule has 8 nitrogen and oxygen atoms in total. The molecule has 0 amide bonds. The number of hydrogen-bond donors (Lipinski definition) is 1. The highest BCUT2D eigenvalue weighted by atomic mass is 16.6. The van der Waals surface area contributed by atoms with E-state index in [4.69, 9.17) is 9.47 Å². The quantitative estimate of drug-likeness (QED) is 0.476. The third kappa shape index (κ3) is 3.88. The number of anilines is 2. The number of nitro groups is 1. The van der Waals surface area contributed by atoms with Crippen molar-refractivity contribution in [2.24, 2.45) is 0 Å². The Kier molecular flexibility index (Phi) is 5.46. The number of ether oxygens (including phenoxy) is 2. The van der Waals surface area contributed by atoms with Gasteiger partial charge in [0, 0.05) is 35.8 Å². The predicted octanol–water partition coefficient (Wildman–Crippen LogP) is 4.49. The molecule has 0 spiro atoms. The Morgan fingerprint density at radius 3 is 2.97 bits per heavy atom. The zero-order valence-electron chi connectivity index (χ0n) is 16.4. The number of fused-ring (bicyclic) bond motifs is 1. The van der Waals surface area contributed by atoms with Crippen LogP contribution in [0.25, 0.3) is 10.9 Å². The Balaban J connectivity index is 1.82. The minimum atomic E-state index is -0.481. The minimum Gasteiger partial charge on any atom is -0.481 e. The summed E-state index contributed by atoms with van der Waals surface area (Å²) >= 11 is 0. The van der Waals surface area contributed by atoms with E-state index >= 15 is 0 Å². The zero-order valence-corrected chi connectivity index (χ0v) is 16.4. The van der Waals surface area contributed by atoms with E-state index in [2.05, 4.69) is 23.3 Å². The van der Waals surface area contributed by atoms with Crippen molar-refractivity contribution < 1.29 is 14.4 Å². The van der Waals surface area contributed by atoms with Crippen molar-refractivity contribution in [2.75, 3.05) is 18.5 Å². The molecule has 1 aromatic heterocycles. The molecule has 0 saturated carbocycles. The maximum Gasteiger partial charge on any atom is 0.311 e. The number of hydrogen-bond acceptors (Lipinski definition) is 7. The molecule has 1 N–H and O–H groups in total. The number of nitrogens with one attached hydrogen (secondary N) is 1. The van der Waals surface area contributed by atoms with Crippen molar-refractivity contribution in [1.82, 2.24) is 4.98 Å². The number of rotatable bonds is 6. The fourth-order valence-corrected chi connectivity index (χ4v) is 3.46. The fraction of sp³-hybridized carbons (Fsp3) is 0.273. The van der Waals surface area contributed by atoms with Gasteiger partial charge in [-0.3, -0.25) is 15.1 Å². The van der Waals surface area contributed by atoms with Gasteiger partial charge in [-0.2, -0.15) is 5.26 Å². The average Bonchev–Trinajstić information content (AvgIpc) is 3.26. The Morgan fingerprint density at radius 2 is 2.27 bits per heavy atom.